The van der Waals surface area contributed by atoms with Gasteiger partial charge in [-0.25, -0.2) is 4.39 Å². The van der Waals surface area contributed by atoms with Crippen LogP contribution < -0.4 is 10.1 Å². The Morgan fingerprint density at radius 2 is 1.95 bits per heavy atom. The van der Waals surface area contributed by atoms with Crippen LogP contribution in [0.3, 0.4) is 0 Å². The van der Waals surface area contributed by atoms with Gasteiger partial charge >= 0.3 is 0 Å². The molecule has 0 saturated carbocycles. The lowest BCUT2D eigenvalue weighted by Gasteiger charge is -2.39. The van der Waals surface area contributed by atoms with Crippen molar-refractivity contribution in [2.24, 2.45) is 0 Å². The third-order valence-corrected chi connectivity index (χ3v) is 5.29. The maximum absolute atomic E-state index is 14.3. The molecule has 1 aromatic rings. The first-order valence-corrected chi connectivity index (χ1v) is 7.90. The summed E-state index contributed by atoms with van der Waals surface area (Å²) in [6, 6.07) is 6.89. The minimum Gasteiger partial charge on any atom is -0.496 e. The molecule has 3 nitrogen and oxygen atoms in total. The smallest absolute Gasteiger partial charge is 0.131 e. The Hall–Kier alpha value is -1.13. The Balaban J connectivity index is 1.80. The zero-order chi connectivity index (χ0) is 15.0. The van der Waals surface area contributed by atoms with E-state index in [1.807, 2.05) is 6.07 Å². The Morgan fingerprint density at radius 1 is 1.29 bits per heavy atom. The second-order valence-corrected chi connectivity index (χ2v) is 6.46. The number of halogens is 1. The van der Waals surface area contributed by atoms with Crippen LogP contribution >= 0.6 is 0 Å². The zero-order valence-electron chi connectivity index (χ0n) is 13.1. The maximum atomic E-state index is 14.3. The molecule has 0 radical (unpaired) electrons. The van der Waals surface area contributed by atoms with Crippen LogP contribution in [0.5, 0.6) is 5.75 Å². The number of rotatable bonds is 4. The molecule has 0 spiro atoms. The van der Waals surface area contributed by atoms with Crippen LogP contribution in [0.25, 0.3) is 0 Å². The van der Waals surface area contributed by atoms with E-state index in [4.69, 9.17) is 4.74 Å². The van der Waals surface area contributed by atoms with Gasteiger partial charge in [-0.1, -0.05) is 6.07 Å². The fourth-order valence-electron chi connectivity index (χ4n) is 3.98. The van der Waals surface area contributed by atoms with Crippen LogP contribution in [-0.2, 0) is 0 Å². The van der Waals surface area contributed by atoms with E-state index in [-0.39, 0.29) is 11.9 Å². The summed E-state index contributed by atoms with van der Waals surface area (Å²) in [5.74, 6) is 0.469. The molecule has 3 unspecified atom stereocenters. The van der Waals surface area contributed by atoms with E-state index in [0.717, 1.165) is 12.8 Å². The number of ether oxygens (including phenoxy) is 1. The summed E-state index contributed by atoms with van der Waals surface area (Å²) in [6.45, 7) is 2.07. The molecule has 21 heavy (non-hydrogen) atoms. The van der Waals surface area contributed by atoms with E-state index in [2.05, 4.69) is 24.2 Å². The van der Waals surface area contributed by atoms with Crippen molar-refractivity contribution < 1.29 is 9.13 Å². The molecule has 0 aromatic heterocycles. The summed E-state index contributed by atoms with van der Waals surface area (Å²) in [5, 5.41) is 3.66. The van der Waals surface area contributed by atoms with Crippen LogP contribution in [0.2, 0.25) is 0 Å². The van der Waals surface area contributed by atoms with Gasteiger partial charge in [-0.15, -0.1) is 0 Å². The topological polar surface area (TPSA) is 24.5 Å². The highest BCUT2D eigenvalue weighted by Gasteiger charge is 2.37. The molecular weight excluding hydrogens is 267 g/mol. The summed E-state index contributed by atoms with van der Waals surface area (Å²) in [7, 11) is 3.72. The number of piperidine rings is 1. The van der Waals surface area contributed by atoms with Crippen LogP contribution in [0.1, 0.15) is 44.2 Å². The number of nitrogens with one attached hydrogen (secondary N) is 1. The fraction of sp³-hybridized carbons (Fsp3) is 0.647. The van der Waals surface area contributed by atoms with E-state index in [9.17, 15) is 4.39 Å². The number of methoxy groups -OCH3 is 1. The number of fused-ring (bicyclic) bond motifs is 2. The van der Waals surface area contributed by atoms with Gasteiger partial charge in [0.2, 0.25) is 0 Å². The number of nitrogens with zero attached hydrogens (tertiary/aromatic N) is 1. The third-order valence-electron chi connectivity index (χ3n) is 5.29. The summed E-state index contributed by atoms with van der Waals surface area (Å²) in [6.07, 6.45) is 4.89. The largest absolute Gasteiger partial charge is 0.496 e. The Labute approximate surface area is 126 Å². The van der Waals surface area contributed by atoms with E-state index in [0.29, 0.717) is 29.4 Å². The SMILES string of the molecule is COc1cccc(F)c1C(C)N(C)C1CC2CCC(C1)N2. The van der Waals surface area contributed by atoms with Gasteiger partial charge in [0.1, 0.15) is 11.6 Å². The molecule has 0 aliphatic carbocycles. The molecule has 2 saturated heterocycles. The molecular formula is C17H25FN2O. The van der Waals surface area contributed by atoms with E-state index in [1.165, 1.54) is 18.9 Å². The highest BCUT2D eigenvalue weighted by atomic mass is 19.1. The van der Waals surface area contributed by atoms with Gasteiger partial charge in [-0.3, -0.25) is 4.90 Å². The highest BCUT2D eigenvalue weighted by Crippen LogP contribution is 2.36. The van der Waals surface area contributed by atoms with Crippen molar-refractivity contribution in [1.82, 2.24) is 10.2 Å². The molecule has 2 fully saturated rings. The molecule has 116 valence electrons. The van der Waals surface area contributed by atoms with Crippen LogP contribution in [0.15, 0.2) is 18.2 Å². The number of hydrogen-bond acceptors (Lipinski definition) is 3. The van der Waals surface area contributed by atoms with Crippen molar-refractivity contribution in [1.29, 1.82) is 0 Å². The molecule has 2 aliphatic rings. The van der Waals surface area contributed by atoms with Crippen molar-refractivity contribution in [3.8, 4) is 5.75 Å². The molecule has 2 heterocycles. The van der Waals surface area contributed by atoms with Gasteiger partial charge < -0.3 is 10.1 Å². The van der Waals surface area contributed by atoms with Gasteiger partial charge in [0.15, 0.2) is 0 Å². The lowest BCUT2D eigenvalue weighted by Crippen LogP contribution is -2.47. The summed E-state index contributed by atoms with van der Waals surface area (Å²) in [4.78, 5) is 2.33. The Kier molecular flexibility index (Phi) is 4.18. The molecule has 1 N–H and O–H groups in total. The van der Waals surface area contributed by atoms with Crippen LogP contribution in [0, 0.1) is 5.82 Å². The van der Waals surface area contributed by atoms with Gasteiger partial charge in [0.25, 0.3) is 0 Å². The van der Waals surface area contributed by atoms with Crippen molar-refractivity contribution in [3.63, 3.8) is 0 Å². The monoisotopic (exact) mass is 292 g/mol. The summed E-state index contributed by atoms with van der Waals surface area (Å²) >= 11 is 0. The van der Waals surface area contributed by atoms with Gasteiger partial charge in [-0.05, 0) is 51.8 Å². The molecule has 2 aliphatic heterocycles. The van der Waals surface area contributed by atoms with Crippen molar-refractivity contribution >= 4 is 0 Å². The van der Waals surface area contributed by atoms with E-state index < -0.39 is 0 Å². The fourth-order valence-corrected chi connectivity index (χ4v) is 3.98. The predicted octanol–water partition coefficient (Wildman–Crippen LogP) is 3.11. The lowest BCUT2D eigenvalue weighted by molar-refractivity contribution is 0.129. The Morgan fingerprint density at radius 3 is 2.57 bits per heavy atom. The normalized spacial score (nSPS) is 29.7. The van der Waals surface area contributed by atoms with Crippen molar-refractivity contribution in [2.45, 2.75) is 56.8 Å². The van der Waals surface area contributed by atoms with E-state index in [1.54, 1.807) is 13.2 Å². The first kappa shape index (κ1) is 14.8. The Bertz CT molecular complexity index is 496. The average Bonchev–Trinajstić information content (AvgIpc) is 2.83. The van der Waals surface area contributed by atoms with Gasteiger partial charge in [0, 0.05) is 29.7 Å². The molecule has 0 amide bonds. The van der Waals surface area contributed by atoms with E-state index >= 15 is 0 Å². The van der Waals surface area contributed by atoms with Crippen LogP contribution in [-0.4, -0.2) is 37.2 Å². The molecule has 1 aromatic carbocycles. The second kappa shape index (κ2) is 5.93. The van der Waals surface area contributed by atoms with Gasteiger partial charge in [-0.2, -0.15) is 0 Å². The molecule has 3 rings (SSSR count). The second-order valence-electron chi connectivity index (χ2n) is 6.46. The summed E-state index contributed by atoms with van der Waals surface area (Å²) in [5.41, 5.74) is 0.674. The average molecular weight is 292 g/mol. The molecule has 2 bridgehead atoms. The van der Waals surface area contributed by atoms with Gasteiger partial charge in [0.05, 0.1) is 7.11 Å². The molecule has 3 atom stereocenters. The number of hydrogen-bond donors (Lipinski definition) is 1. The standard InChI is InChI=1S/C17H25FN2O/c1-11(17-15(18)5-4-6-16(17)21-3)20(2)14-9-12-7-8-13(10-14)19-12/h4-6,11-14,19H,7-10H2,1-3H3. The number of benzene rings is 1. The lowest BCUT2D eigenvalue weighted by atomic mass is 9.95. The first-order chi connectivity index (χ1) is 10.1. The molecule has 4 heteroatoms. The zero-order valence-corrected chi connectivity index (χ0v) is 13.1. The first-order valence-electron chi connectivity index (χ1n) is 7.90. The minimum absolute atomic E-state index is 0.0173. The maximum Gasteiger partial charge on any atom is 0.131 e. The summed E-state index contributed by atoms with van der Waals surface area (Å²) < 4.78 is 19.6. The highest BCUT2D eigenvalue weighted by molar-refractivity contribution is 5.37. The van der Waals surface area contributed by atoms with Crippen molar-refractivity contribution in [3.05, 3.63) is 29.6 Å². The third kappa shape index (κ3) is 2.79. The predicted molar refractivity (Wildman–Crippen MR) is 82.1 cm³/mol. The minimum atomic E-state index is -0.175. The quantitative estimate of drug-likeness (QED) is 0.923. The van der Waals surface area contributed by atoms with Crippen LogP contribution in [0.4, 0.5) is 4.39 Å². The van der Waals surface area contributed by atoms with Crippen molar-refractivity contribution in [2.75, 3.05) is 14.2 Å².